The maximum absolute atomic E-state index is 9.17. The summed E-state index contributed by atoms with van der Waals surface area (Å²) in [5.41, 5.74) is 0. The van der Waals surface area contributed by atoms with Crippen molar-refractivity contribution in [1.82, 2.24) is 0 Å². The summed E-state index contributed by atoms with van der Waals surface area (Å²) >= 11 is 0. The fourth-order valence-electron chi connectivity index (χ4n) is 0. The number of aliphatic hydroxyl groups excluding tert-OH is 1. The Bertz CT molecular complexity index is 249. The molecule has 0 unspecified atom stereocenters. The van der Waals surface area contributed by atoms with Gasteiger partial charge in [-0.25, -0.2) is 19.2 Å². The zero-order valence-electron chi connectivity index (χ0n) is 11.0. The third-order valence-electron chi connectivity index (χ3n) is 0.609. The maximum atomic E-state index is 9.17. The van der Waals surface area contributed by atoms with Crippen LogP contribution in [0.25, 0.3) is 0 Å². The van der Waals surface area contributed by atoms with Crippen molar-refractivity contribution < 1.29 is 116 Å². The SMILES string of the molecule is O.O.O.O.O=C(O)C(=O)O.O=C(O)C(=O)O.[Fe].[Fe].[O-]C([O-])C(O)O. The molecule has 0 heterocycles. The Balaban J connectivity index is -0.0000000179. The van der Waals surface area contributed by atoms with Gasteiger partial charge in [0, 0.05) is 34.1 Å². The summed E-state index contributed by atoms with van der Waals surface area (Å²) < 4.78 is 0. The van der Waals surface area contributed by atoms with Gasteiger partial charge in [0.05, 0.1) is 0 Å². The van der Waals surface area contributed by atoms with E-state index < -0.39 is 36.5 Å². The first-order chi connectivity index (χ1) is 7.93. The summed E-state index contributed by atoms with van der Waals surface area (Å²) in [5, 5.41) is 63.0. The fourth-order valence-corrected chi connectivity index (χ4v) is 0. The van der Waals surface area contributed by atoms with E-state index in [4.69, 9.17) is 49.8 Å². The minimum atomic E-state index is -2.54. The van der Waals surface area contributed by atoms with Gasteiger partial charge in [-0.1, -0.05) is 0 Å². The fraction of sp³-hybridized carbons (Fsp3) is 0.333. The first kappa shape index (κ1) is 57.0. The monoisotopic (exact) mass is 456 g/mol. The van der Waals surface area contributed by atoms with Crippen molar-refractivity contribution in [2.24, 2.45) is 0 Å². The van der Waals surface area contributed by atoms with E-state index in [0.717, 1.165) is 0 Å². The average Bonchev–Trinajstić information content (AvgIpc) is 2.18. The summed E-state index contributed by atoms with van der Waals surface area (Å²) in [6.45, 7) is 0. The Hall–Kier alpha value is -1.40. The number of aliphatic hydroxyl groups is 2. The van der Waals surface area contributed by atoms with Gasteiger partial charge in [0.15, 0.2) is 0 Å². The molecule has 0 radical (unpaired) electrons. The topological polar surface area (TPSA) is 362 Å². The van der Waals surface area contributed by atoms with Gasteiger partial charge in [-0.3, -0.25) is 0 Å². The first-order valence-corrected chi connectivity index (χ1v) is 3.53. The van der Waals surface area contributed by atoms with Crippen LogP contribution in [0.1, 0.15) is 0 Å². The summed E-state index contributed by atoms with van der Waals surface area (Å²) in [6.07, 6.45) is -4.80. The number of carboxylic acids is 4. The van der Waals surface area contributed by atoms with Crippen LogP contribution in [-0.4, -0.2) is 89.0 Å². The number of rotatable bonds is 1. The second-order valence-corrected chi connectivity index (χ2v) is 2.00. The van der Waals surface area contributed by atoms with Crippen LogP contribution < -0.4 is 10.2 Å². The molecule has 154 valence electrons. The maximum Gasteiger partial charge on any atom is 0.414 e. The molecule has 0 aliphatic heterocycles. The quantitative estimate of drug-likeness (QED) is 0.122. The molecule has 0 bridgehead atoms. The van der Waals surface area contributed by atoms with Crippen LogP contribution in [0.4, 0.5) is 0 Å². The summed E-state index contributed by atoms with van der Waals surface area (Å²) in [7, 11) is 0. The molecule has 0 amide bonds. The molecule has 14 N–H and O–H groups in total. The zero-order chi connectivity index (χ0) is 15.5. The van der Waals surface area contributed by atoms with Crippen molar-refractivity contribution in [1.29, 1.82) is 0 Å². The molecule has 0 aromatic rings. The molecule has 0 atom stereocenters. The van der Waals surface area contributed by atoms with Crippen molar-refractivity contribution in [2.45, 2.75) is 12.6 Å². The molecule has 0 saturated carbocycles. The predicted octanol–water partition coefficient (Wildman–Crippen LogP) is -8.65. The second-order valence-electron chi connectivity index (χ2n) is 2.00. The van der Waals surface area contributed by atoms with Crippen LogP contribution in [0.3, 0.4) is 0 Å². The van der Waals surface area contributed by atoms with Gasteiger partial charge in [0.25, 0.3) is 0 Å². The van der Waals surface area contributed by atoms with E-state index in [0.29, 0.717) is 0 Å². The first-order valence-electron chi connectivity index (χ1n) is 3.53. The average molecular weight is 456 g/mol. The van der Waals surface area contributed by atoms with Crippen molar-refractivity contribution in [2.75, 3.05) is 0 Å². The molecule has 0 aromatic heterocycles. The molecule has 0 saturated heterocycles. The number of hydrogen-bond acceptors (Lipinski definition) is 8. The molecular formula is C6H16Fe2O16-2. The molecule has 16 nitrogen and oxygen atoms in total. The molecule has 0 aliphatic rings. The zero-order valence-corrected chi connectivity index (χ0v) is 13.2. The summed E-state index contributed by atoms with van der Waals surface area (Å²) in [6, 6.07) is 0. The molecule has 0 rings (SSSR count). The van der Waals surface area contributed by atoms with Crippen LogP contribution in [0, 0.1) is 0 Å². The smallest absolute Gasteiger partial charge is 0.414 e. The van der Waals surface area contributed by atoms with E-state index in [2.05, 4.69) is 0 Å². The van der Waals surface area contributed by atoms with E-state index in [1.807, 2.05) is 0 Å². The number of carbonyl (C=O) groups is 4. The molecule has 18 heteroatoms. The van der Waals surface area contributed by atoms with Gasteiger partial charge in [0.2, 0.25) is 0 Å². The predicted molar refractivity (Wildman–Crippen MR) is 57.0 cm³/mol. The van der Waals surface area contributed by atoms with Crippen molar-refractivity contribution in [3.05, 3.63) is 0 Å². The van der Waals surface area contributed by atoms with Crippen LogP contribution >= 0.6 is 0 Å². The molecule has 0 spiro atoms. The largest absolute Gasteiger partial charge is 0.862 e. The standard InChI is InChI=1S/C2H4O4.2C2H2O4.2Fe.4H2O/c3*3-1(4)2(5)6;;;;;;/h1-4H;2*(H,3,4)(H,5,6);;;4*1H2/q-2;;;;;;;;. The van der Waals surface area contributed by atoms with Gasteiger partial charge in [-0.2, -0.15) is 6.29 Å². The third-order valence-corrected chi connectivity index (χ3v) is 0.609. The van der Waals surface area contributed by atoms with Crippen molar-refractivity contribution in [3.63, 3.8) is 0 Å². The van der Waals surface area contributed by atoms with E-state index in [1.165, 1.54) is 0 Å². The van der Waals surface area contributed by atoms with Gasteiger partial charge in [-0.15, -0.1) is 0 Å². The minimum absolute atomic E-state index is 0. The summed E-state index contributed by atoms with van der Waals surface area (Å²) in [5.74, 6) is -7.30. The Morgan fingerprint density at radius 2 is 0.667 bits per heavy atom. The van der Waals surface area contributed by atoms with Crippen LogP contribution in [0.15, 0.2) is 0 Å². The van der Waals surface area contributed by atoms with E-state index in [9.17, 15) is 10.2 Å². The third kappa shape index (κ3) is 70.4. The molecule has 0 fully saturated rings. The van der Waals surface area contributed by atoms with Gasteiger partial charge in [-0.05, 0) is 0 Å². The normalized spacial score (nSPS) is 6.42. The van der Waals surface area contributed by atoms with Crippen LogP contribution in [-0.2, 0) is 53.3 Å². The molecule has 0 aromatic carbocycles. The summed E-state index contributed by atoms with van der Waals surface area (Å²) in [4.78, 5) is 36.4. The van der Waals surface area contributed by atoms with Gasteiger partial charge in [0.1, 0.15) is 6.29 Å². The van der Waals surface area contributed by atoms with Crippen molar-refractivity contribution in [3.8, 4) is 0 Å². The molecule has 24 heavy (non-hydrogen) atoms. The Morgan fingerprint density at radius 1 is 0.583 bits per heavy atom. The van der Waals surface area contributed by atoms with Crippen LogP contribution in [0.2, 0.25) is 0 Å². The molecule has 0 aliphatic carbocycles. The van der Waals surface area contributed by atoms with Crippen LogP contribution in [0.5, 0.6) is 0 Å². The van der Waals surface area contributed by atoms with E-state index in [-0.39, 0.29) is 56.0 Å². The van der Waals surface area contributed by atoms with Gasteiger partial charge < -0.3 is 62.8 Å². The van der Waals surface area contributed by atoms with E-state index in [1.54, 1.807) is 0 Å². The van der Waals surface area contributed by atoms with Gasteiger partial charge >= 0.3 is 23.9 Å². The van der Waals surface area contributed by atoms with Crippen molar-refractivity contribution >= 4 is 23.9 Å². The Labute approximate surface area is 153 Å². The second kappa shape index (κ2) is 33.3. The Morgan fingerprint density at radius 3 is 0.667 bits per heavy atom. The number of aliphatic carboxylic acids is 4. The number of carboxylic acid groups (broad SMARTS) is 4. The van der Waals surface area contributed by atoms with E-state index >= 15 is 0 Å². The molecular weight excluding hydrogens is 440 g/mol. The minimum Gasteiger partial charge on any atom is -0.862 e. The Kier molecular flexibility index (Phi) is 79.0. The number of hydrogen-bond donors (Lipinski definition) is 6.